The molecule has 0 spiro atoms. The van der Waals surface area contributed by atoms with E-state index in [-0.39, 0.29) is 24.2 Å². The Morgan fingerprint density at radius 3 is 2.46 bits per heavy atom. The summed E-state index contributed by atoms with van der Waals surface area (Å²) in [5.41, 5.74) is 7.36. The second-order valence-corrected chi connectivity index (χ2v) is 14.0. The molecule has 0 radical (unpaired) electrons. The van der Waals surface area contributed by atoms with Crippen molar-refractivity contribution in [2.45, 2.75) is 69.1 Å². The zero-order valence-electron chi connectivity index (χ0n) is 29.2. The predicted molar refractivity (Wildman–Crippen MR) is 198 cm³/mol. The van der Waals surface area contributed by atoms with E-state index >= 15 is 0 Å². The first-order valence-corrected chi connectivity index (χ1v) is 18.3. The van der Waals surface area contributed by atoms with Gasteiger partial charge in [-0.15, -0.1) is 0 Å². The molecule has 10 heteroatoms. The molecule has 7 rings (SSSR count). The lowest BCUT2D eigenvalue weighted by Crippen LogP contribution is -2.52. The van der Waals surface area contributed by atoms with Crippen LogP contribution in [0.2, 0.25) is 0 Å². The Morgan fingerprint density at radius 1 is 0.827 bits per heavy atom. The number of phenolic OH excluding ortho intramolecular Hbond substituents is 1. The van der Waals surface area contributed by atoms with Crippen molar-refractivity contribution < 1.29 is 29.3 Å². The van der Waals surface area contributed by atoms with Gasteiger partial charge in [0.05, 0.1) is 12.7 Å². The molecule has 2 aliphatic heterocycles. The third-order valence-corrected chi connectivity index (χ3v) is 10.6. The molecule has 0 bridgehead atoms. The molecule has 4 aromatic rings. The van der Waals surface area contributed by atoms with E-state index in [4.69, 9.17) is 4.74 Å². The Labute approximate surface area is 304 Å². The summed E-state index contributed by atoms with van der Waals surface area (Å²) in [5, 5.41) is 29.7. The summed E-state index contributed by atoms with van der Waals surface area (Å²) in [6.45, 7) is 2.80. The number of fused-ring (bicyclic) bond motifs is 2. The van der Waals surface area contributed by atoms with Crippen LogP contribution in [0.1, 0.15) is 82.1 Å². The van der Waals surface area contributed by atoms with Crippen molar-refractivity contribution in [2.75, 3.05) is 31.6 Å². The largest absolute Gasteiger partial charge is 0.508 e. The van der Waals surface area contributed by atoms with Gasteiger partial charge in [-0.3, -0.25) is 19.7 Å². The highest BCUT2D eigenvalue weighted by Gasteiger charge is 2.39. The normalized spacial score (nSPS) is 20.2. The fourth-order valence-electron chi connectivity index (χ4n) is 7.88. The number of imide groups is 1. The van der Waals surface area contributed by atoms with Crippen LogP contribution in [0.15, 0.2) is 91.0 Å². The fraction of sp³-hybridized carbons (Fsp3) is 0.357. The first-order chi connectivity index (χ1) is 25.3. The molecule has 270 valence electrons. The fourth-order valence-corrected chi connectivity index (χ4v) is 7.88. The van der Waals surface area contributed by atoms with E-state index in [0.29, 0.717) is 69.3 Å². The topological polar surface area (TPSA) is 140 Å². The molecule has 3 aliphatic rings. The minimum absolute atomic E-state index is 0.180. The molecule has 5 N–H and O–H groups in total. The van der Waals surface area contributed by atoms with E-state index in [1.807, 2.05) is 30.3 Å². The monoisotopic (exact) mass is 702 g/mol. The van der Waals surface area contributed by atoms with Gasteiger partial charge >= 0.3 is 0 Å². The van der Waals surface area contributed by atoms with E-state index in [1.54, 1.807) is 17.0 Å². The van der Waals surface area contributed by atoms with Crippen LogP contribution in [0.25, 0.3) is 0 Å². The van der Waals surface area contributed by atoms with E-state index in [2.05, 4.69) is 64.5 Å². The number of nitrogens with one attached hydrogen (secondary N) is 3. The van der Waals surface area contributed by atoms with Gasteiger partial charge in [-0.05, 0) is 108 Å². The summed E-state index contributed by atoms with van der Waals surface area (Å²) in [6.07, 6.45) is 3.18. The number of hydrogen-bond acceptors (Lipinski definition) is 8. The molecule has 0 saturated carbocycles. The molecule has 52 heavy (non-hydrogen) atoms. The molecule has 0 aromatic heterocycles. The lowest BCUT2D eigenvalue weighted by Gasteiger charge is -2.34. The van der Waals surface area contributed by atoms with E-state index in [9.17, 15) is 24.6 Å². The number of amides is 3. The number of rotatable bonds is 14. The van der Waals surface area contributed by atoms with Crippen molar-refractivity contribution >= 4 is 23.4 Å². The number of piperidine rings is 1. The van der Waals surface area contributed by atoms with Gasteiger partial charge in [0.15, 0.2) is 0 Å². The van der Waals surface area contributed by atoms with Crippen molar-refractivity contribution in [3.63, 3.8) is 0 Å². The summed E-state index contributed by atoms with van der Waals surface area (Å²) >= 11 is 0. The Kier molecular flexibility index (Phi) is 10.8. The first kappa shape index (κ1) is 35.2. The number of aryl methyl sites for hydroxylation is 1. The molecular formula is C42H46N4O6. The van der Waals surface area contributed by atoms with Crippen LogP contribution in [0.4, 0.5) is 5.69 Å². The molecule has 2 heterocycles. The second kappa shape index (κ2) is 16.0. The van der Waals surface area contributed by atoms with Crippen molar-refractivity contribution in [3.05, 3.63) is 124 Å². The number of ether oxygens (including phenoxy) is 1. The summed E-state index contributed by atoms with van der Waals surface area (Å²) in [4.78, 5) is 38.3. The third-order valence-electron chi connectivity index (χ3n) is 10.6. The molecule has 1 fully saturated rings. The van der Waals surface area contributed by atoms with Gasteiger partial charge in [0.1, 0.15) is 17.5 Å². The van der Waals surface area contributed by atoms with Crippen LogP contribution in [-0.4, -0.2) is 71.2 Å². The van der Waals surface area contributed by atoms with Gasteiger partial charge in [0.25, 0.3) is 5.91 Å². The Morgan fingerprint density at radius 2 is 1.65 bits per heavy atom. The van der Waals surface area contributed by atoms with Gasteiger partial charge in [-0.1, -0.05) is 48.5 Å². The van der Waals surface area contributed by atoms with Gasteiger partial charge < -0.3 is 30.5 Å². The standard InChI is InChI=1S/C42H46N4O6/c47-32(18-20-43-21-22-44-31-9-14-37-30(24-31)26-46(42(37)51)38-16-17-39(49)45-41(38)50)19-23-52-34-11-6-28(7-12-34)40-35(27-4-2-1-3-5-27)13-8-29-25-33(48)10-15-36(29)40/h1-7,9-12,14-15,24-25,32,35,38,40,43-44,47-48H,8,13,16-23,26H2,(H,45,49,50)/t32?,35-,38?,40+/m1/s1. The minimum atomic E-state index is -0.621. The van der Waals surface area contributed by atoms with Gasteiger partial charge in [-0.25, -0.2) is 0 Å². The molecular weight excluding hydrogens is 656 g/mol. The highest BCUT2D eigenvalue weighted by molar-refractivity contribution is 6.05. The number of anilines is 1. The van der Waals surface area contributed by atoms with Crippen LogP contribution < -0.4 is 20.7 Å². The van der Waals surface area contributed by atoms with Crippen molar-refractivity contribution in [1.29, 1.82) is 0 Å². The zero-order valence-corrected chi connectivity index (χ0v) is 29.2. The van der Waals surface area contributed by atoms with Crippen molar-refractivity contribution in [3.8, 4) is 11.5 Å². The molecule has 1 saturated heterocycles. The van der Waals surface area contributed by atoms with Crippen LogP contribution in [0.5, 0.6) is 11.5 Å². The predicted octanol–water partition coefficient (Wildman–Crippen LogP) is 5.24. The molecule has 10 nitrogen and oxygen atoms in total. The SMILES string of the molecule is O=C1CCC(N2Cc3cc(NCCNCCC(O)CCOc4ccc([C@@H]5c6ccc(O)cc6CC[C@@H]5c5ccccc5)cc4)ccc3C2=O)C(=O)N1. The van der Waals surface area contributed by atoms with Gasteiger partial charge in [0, 0.05) is 49.6 Å². The van der Waals surface area contributed by atoms with Crippen LogP contribution in [0.3, 0.4) is 0 Å². The molecule has 4 aromatic carbocycles. The first-order valence-electron chi connectivity index (χ1n) is 18.3. The van der Waals surface area contributed by atoms with E-state index in [1.165, 1.54) is 22.3 Å². The maximum Gasteiger partial charge on any atom is 0.255 e. The summed E-state index contributed by atoms with van der Waals surface area (Å²) < 4.78 is 6.02. The van der Waals surface area contributed by atoms with Crippen LogP contribution in [-0.2, 0) is 22.6 Å². The highest BCUT2D eigenvalue weighted by Crippen LogP contribution is 2.47. The van der Waals surface area contributed by atoms with Crippen LogP contribution in [0, 0.1) is 0 Å². The quantitative estimate of drug-likeness (QED) is 0.0889. The zero-order chi connectivity index (χ0) is 36.0. The van der Waals surface area contributed by atoms with E-state index in [0.717, 1.165) is 29.8 Å². The van der Waals surface area contributed by atoms with Crippen LogP contribution >= 0.6 is 0 Å². The summed E-state index contributed by atoms with van der Waals surface area (Å²) in [5.74, 6) is 0.726. The average Bonchev–Trinajstić information content (AvgIpc) is 3.48. The number of aromatic hydroxyl groups is 1. The van der Waals surface area contributed by atoms with Gasteiger partial charge in [-0.2, -0.15) is 0 Å². The molecule has 4 atom stereocenters. The molecule has 1 aliphatic carbocycles. The summed E-state index contributed by atoms with van der Waals surface area (Å²) in [6, 6.07) is 29.7. The number of hydrogen-bond donors (Lipinski definition) is 5. The van der Waals surface area contributed by atoms with Crippen molar-refractivity contribution in [1.82, 2.24) is 15.5 Å². The minimum Gasteiger partial charge on any atom is -0.508 e. The number of benzene rings is 4. The second-order valence-electron chi connectivity index (χ2n) is 14.0. The number of carbonyl (C=O) groups is 3. The van der Waals surface area contributed by atoms with Crippen molar-refractivity contribution in [2.24, 2.45) is 0 Å². The number of nitrogens with zero attached hydrogens (tertiary/aromatic N) is 1. The number of carbonyl (C=O) groups excluding carboxylic acids is 3. The number of phenols is 1. The summed E-state index contributed by atoms with van der Waals surface area (Å²) in [7, 11) is 0. The highest BCUT2D eigenvalue weighted by atomic mass is 16.5. The third kappa shape index (κ3) is 7.98. The molecule has 3 amide bonds. The Hall–Kier alpha value is -5.19. The number of aliphatic hydroxyl groups excluding tert-OH is 1. The lowest BCUT2D eigenvalue weighted by molar-refractivity contribution is -0.136. The average molecular weight is 703 g/mol. The lowest BCUT2D eigenvalue weighted by atomic mass is 9.69. The van der Waals surface area contributed by atoms with E-state index < -0.39 is 18.1 Å². The molecule has 2 unspecified atom stereocenters. The Balaban J connectivity index is 0.822. The smallest absolute Gasteiger partial charge is 0.255 e. The van der Waals surface area contributed by atoms with Gasteiger partial charge in [0.2, 0.25) is 11.8 Å². The Bertz CT molecular complexity index is 1900. The maximum atomic E-state index is 12.9. The number of aliphatic hydroxyl groups is 1. The maximum absolute atomic E-state index is 12.9.